The molecule has 3 aromatic rings. The van der Waals surface area contributed by atoms with E-state index in [4.69, 9.17) is 9.47 Å². The van der Waals surface area contributed by atoms with E-state index >= 15 is 0 Å². The Balaban J connectivity index is 1.74. The van der Waals surface area contributed by atoms with Gasteiger partial charge in [0.15, 0.2) is 5.79 Å². The predicted octanol–water partition coefficient (Wildman–Crippen LogP) is 5.61. The average molecular weight is 469 g/mol. The smallest absolute Gasteiger partial charge is 0.164 e. The third-order valence-corrected chi connectivity index (χ3v) is 7.07. The summed E-state index contributed by atoms with van der Waals surface area (Å²) in [5, 5.41) is 25.3. The normalized spacial score (nSPS) is 23.5. The Morgan fingerprint density at radius 2 is 1.11 bits per heavy atom. The van der Waals surface area contributed by atoms with E-state index in [1.807, 2.05) is 117 Å². The molecule has 1 aliphatic carbocycles. The molecule has 0 saturated carbocycles. The minimum atomic E-state index is -1.57. The Hall–Kier alpha value is -3.02. The molecule has 1 heterocycles. The van der Waals surface area contributed by atoms with Crippen LogP contribution < -0.4 is 0 Å². The van der Waals surface area contributed by atoms with E-state index < -0.39 is 29.2 Å². The number of ether oxygens (including phenoxy) is 2. The number of benzene rings is 3. The third kappa shape index (κ3) is 4.17. The second-order valence-electron chi connectivity index (χ2n) is 9.77. The minimum Gasteiger partial charge on any atom is -0.378 e. The van der Waals surface area contributed by atoms with E-state index in [-0.39, 0.29) is 0 Å². The highest BCUT2D eigenvalue weighted by atomic mass is 16.8. The van der Waals surface area contributed by atoms with Crippen molar-refractivity contribution in [1.29, 1.82) is 0 Å². The van der Waals surface area contributed by atoms with Crippen molar-refractivity contribution in [2.75, 3.05) is 0 Å². The summed E-state index contributed by atoms with van der Waals surface area (Å²) < 4.78 is 13.0. The van der Waals surface area contributed by atoms with Gasteiger partial charge in [0, 0.05) is 0 Å². The van der Waals surface area contributed by atoms with Gasteiger partial charge in [-0.15, -0.1) is 0 Å². The second-order valence-corrected chi connectivity index (χ2v) is 9.77. The van der Waals surface area contributed by atoms with E-state index in [1.54, 1.807) is 0 Å². The highest BCUT2D eigenvalue weighted by Gasteiger charge is 2.61. The van der Waals surface area contributed by atoms with Crippen LogP contribution >= 0.6 is 0 Å². The number of allylic oxidation sites excluding steroid dienone is 3. The number of rotatable bonds is 6. The van der Waals surface area contributed by atoms with Crippen molar-refractivity contribution in [1.82, 2.24) is 0 Å². The molecular formula is C31H32O4. The molecule has 2 aliphatic rings. The first kappa shape index (κ1) is 23.7. The summed E-state index contributed by atoms with van der Waals surface area (Å²) in [4.78, 5) is 0. The first-order valence-corrected chi connectivity index (χ1v) is 12.2. The van der Waals surface area contributed by atoms with Crippen molar-refractivity contribution >= 4 is 0 Å². The number of hydrogen-bond acceptors (Lipinski definition) is 4. The fraction of sp³-hybridized carbons (Fsp3) is 0.290. The van der Waals surface area contributed by atoms with E-state index in [0.29, 0.717) is 23.1 Å². The van der Waals surface area contributed by atoms with Crippen molar-refractivity contribution in [2.45, 2.75) is 55.9 Å². The molecule has 0 radical (unpaired) electrons. The second kappa shape index (κ2) is 9.21. The first-order chi connectivity index (χ1) is 16.9. The van der Waals surface area contributed by atoms with Crippen LogP contribution in [0, 0.1) is 0 Å². The Kier molecular flexibility index (Phi) is 6.24. The van der Waals surface area contributed by atoms with Gasteiger partial charge in [0.1, 0.15) is 23.4 Å². The van der Waals surface area contributed by atoms with Crippen LogP contribution in [0.25, 0.3) is 0 Å². The van der Waals surface area contributed by atoms with Gasteiger partial charge in [-0.05, 0) is 49.0 Å². The summed E-state index contributed by atoms with van der Waals surface area (Å²) in [5.74, 6) is -1.03. The molecule has 0 bridgehead atoms. The zero-order valence-electron chi connectivity index (χ0n) is 20.2. The van der Waals surface area contributed by atoms with Gasteiger partial charge in [0.05, 0.1) is 0 Å². The molecule has 3 atom stereocenters. The van der Waals surface area contributed by atoms with Crippen LogP contribution in [0.3, 0.4) is 0 Å². The molecule has 35 heavy (non-hydrogen) atoms. The summed E-state index contributed by atoms with van der Waals surface area (Å²) in [6.07, 6.45) is 5.75. The minimum absolute atomic E-state index is 0.676. The molecule has 3 aromatic carbocycles. The van der Waals surface area contributed by atoms with Crippen LogP contribution in [0.15, 0.2) is 115 Å². The molecule has 1 saturated heterocycles. The van der Waals surface area contributed by atoms with Gasteiger partial charge >= 0.3 is 0 Å². The molecular weight excluding hydrogens is 436 g/mol. The van der Waals surface area contributed by atoms with Gasteiger partial charge in [-0.1, -0.05) is 109 Å². The molecule has 1 unspecified atom stereocenters. The molecule has 4 heteroatoms. The standard InChI is InChI=1S/C31H32O4/c1-29(2)34-27(30(32,23-15-7-3-8-16-23)24-17-9-4-10-18-24)28(35-29)31(33,25-19-11-5-12-20-25)26-21-13-6-14-22-26/h3-13,15-21,27-28,32-33H,14,22H2,1-2H3/t27-,28-,31?/m0/s1. The summed E-state index contributed by atoms with van der Waals surface area (Å²) in [7, 11) is 0. The summed E-state index contributed by atoms with van der Waals surface area (Å²) in [6, 6.07) is 28.6. The fourth-order valence-electron chi connectivity index (χ4n) is 5.40. The highest BCUT2D eigenvalue weighted by Crippen LogP contribution is 2.51. The maximum Gasteiger partial charge on any atom is 0.164 e. The third-order valence-electron chi connectivity index (χ3n) is 7.07. The van der Waals surface area contributed by atoms with Gasteiger partial charge in [-0.2, -0.15) is 0 Å². The lowest BCUT2D eigenvalue weighted by Gasteiger charge is -2.43. The van der Waals surface area contributed by atoms with Crippen molar-refractivity contribution in [3.63, 3.8) is 0 Å². The molecule has 0 spiro atoms. The molecule has 4 nitrogen and oxygen atoms in total. The zero-order valence-corrected chi connectivity index (χ0v) is 20.2. The lowest BCUT2D eigenvalue weighted by Crippen LogP contribution is -2.55. The van der Waals surface area contributed by atoms with Crippen LogP contribution in [0.2, 0.25) is 0 Å². The molecule has 5 rings (SSSR count). The summed E-state index contributed by atoms with van der Waals surface area (Å²) >= 11 is 0. The largest absolute Gasteiger partial charge is 0.378 e. The quantitative estimate of drug-likeness (QED) is 0.494. The van der Waals surface area contributed by atoms with E-state index in [2.05, 4.69) is 6.08 Å². The molecule has 180 valence electrons. The topological polar surface area (TPSA) is 58.9 Å². The van der Waals surface area contributed by atoms with E-state index in [1.165, 1.54) is 0 Å². The van der Waals surface area contributed by atoms with Crippen LogP contribution in [0.5, 0.6) is 0 Å². The Bertz CT molecular complexity index is 1160. The maximum absolute atomic E-state index is 12.6. The first-order valence-electron chi connectivity index (χ1n) is 12.2. The van der Waals surface area contributed by atoms with Crippen LogP contribution in [0.4, 0.5) is 0 Å². The van der Waals surface area contributed by atoms with E-state index in [9.17, 15) is 10.2 Å². The van der Waals surface area contributed by atoms with E-state index in [0.717, 1.165) is 12.0 Å². The van der Waals surface area contributed by atoms with Gasteiger partial charge in [0.2, 0.25) is 0 Å². The highest BCUT2D eigenvalue weighted by molar-refractivity contribution is 5.43. The summed E-state index contributed by atoms with van der Waals surface area (Å²) in [6.45, 7) is 3.66. The Morgan fingerprint density at radius 1 is 0.686 bits per heavy atom. The van der Waals surface area contributed by atoms with Crippen molar-refractivity contribution < 1.29 is 19.7 Å². The Labute approximate surface area is 207 Å². The van der Waals surface area contributed by atoms with Crippen molar-refractivity contribution in [3.8, 4) is 0 Å². The van der Waals surface area contributed by atoms with Gasteiger partial charge in [-0.25, -0.2) is 0 Å². The molecule has 1 fully saturated rings. The maximum atomic E-state index is 12.6. The number of aliphatic hydroxyl groups is 2. The average Bonchev–Trinajstić information content (AvgIpc) is 3.26. The van der Waals surface area contributed by atoms with Gasteiger partial charge in [-0.3, -0.25) is 0 Å². The predicted molar refractivity (Wildman–Crippen MR) is 137 cm³/mol. The lowest BCUT2D eigenvalue weighted by molar-refractivity contribution is -0.172. The van der Waals surface area contributed by atoms with Crippen LogP contribution in [0.1, 0.15) is 43.4 Å². The van der Waals surface area contributed by atoms with Crippen molar-refractivity contribution in [2.24, 2.45) is 0 Å². The molecule has 1 aliphatic heterocycles. The molecule has 2 N–H and O–H groups in total. The lowest BCUT2D eigenvalue weighted by atomic mass is 9.70. The van der Waals surface area contributed by atoms with Gasteiger partial charge in [0.25, 0.3) is 0 Å². The monoisotopic (exact) mass is 468 g/mol. The zero-order chi connectivity index (χ0) is 24.5. The van der Waals surface area contributed by atoms with Crippen LogP contribution in [-0.4, -0.2) is 28.2 Å². The van der Waals surface area contributed by atoms with Crippen LogP contribution in [-0.2, 0) is 20.7 Å². The van der Waals surface area contributed by atoms with Gasteiger partial charge < -0.3 is 19.7 Å². The molecule has 0 aromatic heterocycles. The van der Waals surface area contributed by atoms with Crippen molar-refractivity contribution in [3.05, 3.63) is 131 Å². The Morgan fingerprint density at radius 3 is 1.54 bits per heavy atom. The molecule has 0 amide bonds. The summed E-state index contributed by atoms with van der Waals surface area (Å²) in [5.41, 5.74) is -0.185. The fourth-order valence-corrected chi connectivity index (χ4v) is 5.40. The SMILES string of the molecule is CC1(C)O[C@H](C(O)(C2=CC=CCC2)c2ccccc2)[C@@H](C(O)(c2ccccc2)c2ccccc2)O1. The number of hydrogen-bond donors (Lipinski definition) is 2.